The van der Waals surface area contributed by atoms with Crippen LogP contribution in [-0.4, -0.2) is 23.2 Å². The fourth-order valence-electron chi connectivity index (χ4n) is 1.94. The van der Waals surface area contributed by atoms with E-state index in [1.165, 1.54) is 0 Å². The van der Waals surface area contributed by atoms with E-state index in [2.05, 4.69) is 15.5 Å². The summed E-state index contributed by atoms with van der Waals surface area (Å²) in [6.45, 7) is 0.522. The molecule has 7 heteroatoms. The van der Waals surface area contributed by atoms with Crippen molar-refractivity contribution in [3.05, 3.63) is 35.6 Å². The first-order valence-corrected chi connectivity index (χ1v) is 6.04. The van der Waals surface area contributed by atoms with Crippen molar-refractivity contribution >= 4 is 28.9 Å². The summed E-state index contributed by atoms with van der Waals surface area (Å²) in [4.78, 5) is 15.7. The van der Waals surface area contributed by atoms with Crippen molar-refractivity contribution in [2.24, 2.45) is 10.1 Å². The molecule has 3 rings (SSSR count). The largest absolute Gasteiger partial charge is 0.451 e. The normalized spacial score (nSPS) is 15.8. The number of amidine groups is 1. The van der Waals surface area contributed by atoms with Gasteiger partial charge in [0.15, 0.2) is 5.76 Å². The Balaban J connectivity index is 1.83. The highest BCUT2D eigenvalue weighted by Gasteiger charge is 2.11. The molecule has 1 aromatic heterocycles. The van der Waals surface area contributed by atoms with Gasteiger partial charge in [0.05, 0.1) is 6.54 Å². The standard InChI is InChI=1S/C13H12N4O3/c18-13(17-19)11-6-9-5-8(1-2-10(9)20-11)7-14-12-3-4-15-16-12/h1-2,4-6,19H,3,7H2,(H,14,16)(H,17,18). The van der Waals surface area contributed by atoms with Crippen molar-refractivity contribution in [2.75, 3.05) is 0 Å². The Labute approximate surface area is 113 Å². The monoisotopic (exact) mass is 272 g/mol. The molecule has 0 aliphatic carbocycles. The smallest absolute Gasteiger partial charge is 0.310 e. The summed E-state index contributed by atoms with van der Waals surface area (Å²) in [5, 5.41) is 13.2. The number of furan rings is 1. The molecule has 0 saturated carbocycles. The molecule has 0 saturated heterocycles. The second-order valence-electron chi connectivity index (χ2n) is 4.31. The lowest BCUT2D eigenvalue weighted by atomic mass is 10.1. The number of nitrogens with zero attached hydrogens (tertiary/aromatic N) is 2. The van der Waals surface area contributed by atoms with E-state index in [-0.39, 0.29) is 5.76 Å². The van der Waals surface area contributed by atoms with Gasteiger partial charge in [0.2, 0.25) is 0 Å². The average molecular weight is 272 g/mol. The summed E-state index contributed by atoms with van der Waals surface area (Å²) < 4.78 is 5.31. The number of benzene rings is 1. The van der Waals surface area contributed by atoms with Crippen LogP contribution in [0.2, 0.25) is 0 Å². The molecule has 0 bridgehead atoms. The minimum absolute atomic E-state index is 0.0665. The highest BCUT2D eigenvalue weighted by atomic mass is 16.5. The number of carbonyl (C=O) groups excluding carboxylic acids is 1. The number of rotatable bonds is 3. The van der Waals surface area contributed by atoms with Crippen LogP contribution in [0.3, 0.4) is 0 Å². The Hall–Kier alpha value is -2.67. The highest BCUT2D eigenvalue weighted by Crippen LogP contribution is 2.21. The molecule has 2 heterocycles. The molecule has 1 aromatic carbocycles. The number of hydroxylamine groups is 1. The first-order valence-electron chi connectivity index (χ1n) is 6.04. The van der Waals surface area contributed by atoms with E-state index in [0.29, 0.717) is 12.1 Å². The number of fused-ring (bicyclic) bond motifs is 1. The summed E-state index contributed by atoms with van der Waals surface area (Å²) in [5.74, 6) is 0.227. The summed E-state index contributed by atoms with van der Waals surface area (Å²) >= 11 is 0. The van der Waals surface area contributed by atoms with Gasteiger partial charge in [-0.15, -0.1) is 0 Å². The maximum Gasteiger partial charge on any atom is 0.310 e. The quantitative estimate of drug-likeness (QED) is 0.581. The second-order valence-corrected chi connectivity index (χ2v) is 4.31. The second kappa shape index (κ2) is 5.14. The third-order valence-electron chi connectivity index (χ3n) is 2.93. The summed E-state index contributed by atoms with van der Waals surface area (Å²) in [6.07, 6.45) is 2.48. The lowest BCUT2D eigenvalue weighted by Gasteiger charge is -1.98. The lowest BCUT2D eigenvalue weighted by Crippen LogP contribution is -2.17. The molecular weight excluding hydrogens is 260 g/mol. The van der Waals surface area contributed by atoms with E-state index in [9.17, 15) is 4.79 Å². The van der Waals surface area contributed by atoms with Crippen molar-refractivity contribution in [3.8, 4) is 0 Å². The van der Waals surface area contributed by atoms with Crippen LogP contribution in [0, 0.1) is 0 Å². The van der Waals surface area contributed by atoms with Crippen LogP contribution in [-0.2, 0) is 6.54 Å². The van der Waals surface area contributed by atoms with Crippen LogP contribution in [0.1, 0.15) is 22.5 Å². The fraction of sp³-hybridized carbons (Fsp3) is 0.154. The average Bonchev–Trinajstić information content (AvgIpc) is 3.12. The zero-order chi connectivity index (χ0) is 13.9. The van der Waals surface area contributed by atoms with Gasteiger partial charge in [-0.1, -0.05) is 6.07 Å². The number of hydrogen-bond donors (Lipinski definition) is 3. The van der Waals surface area contributed by atoms with Crippen LogP contribution in [0.25, 0.3) is 11.0 Å². The van der Waals surface area contributed by atoms with Crippen molar-refractivity contribution in [1.29, 1.82) is 0 Å². The zero-order valence-corrected chi connectivity index (χ0v) is 10.5. The molecule has 0 fully saturated rings. The Morgan fingerprint density at radius 1 is 1.50 bits per heavy atom. The molecule has 0 unspecified atom stereocenters. The molecule has 0 spiro atoms. The Morgan fingerprint density at radius 3 is 3.15 bits per heavy atom. The van der Waals surface area contributed by atoms with Crippen molar-refractivity contribution in [1.82, 2.24) is 10.9 Å². The van der Waals surface area contributed by atoms with Gasteiger partial charge in [-0.05, 0) is 23.8 Å². The minimum atomic E-state index is -0.671. The lowest BCUT2D eigenvalue weighted by molar-refractivity contribution is 0.0678. The van der Waals surface area contributed by atoms with Gasteiger partial charge < -0.3 is 4.42 Å². The third-order valence-corrected chi connectivity index (χ3v) is 2.93. The fourth-order valence-corrected chi connectivity index (χ4v) is 1.94. The van der Waals surface area contributed by atoms with Gasteiger partial charge in [0.25, 0.3) is 0 Å². The Bertz CT molecular complexity index is 707. The van der Waals surface area contributed by atoms with E-state index >= 15 is 0 Å². The van der Waals surface area contributed by atoms with Gasteiger partial charge in [-0.25, -0.2) is 5.48 Å². The summed E-state index contributed by atoms with van der Waals surface area (Å²) in [5.41, 5.74) is 5.93. The van der Waals surface area contributed by atoms with Crippen LogP contribution >= 0.6 is 0 Å². The topological polar surface area (TPSA) is 99.2 Å². The predicted octanol–water partition coefficient (Wildman–Crippen LogP) is 1.43. The van der Waals surface area contributed by atoms with Crippen LogP contribution in [0.15, 0.2) is 38.8 Å². The molecule has 20 heavy (non-hydrogen) atoms. The number of carbonyl (C=O) groups is 1. The SMILES string of the molecule is O=C(NO)c1cc2cc(CN=C3CC=NN3)ccc2o1. The van der Waals surface area contributed by atoms with E-state index in [4.69, 9.17) is 9.62 Å². The number of hydrazone groups is 1. The zero-order valence-electron chi connectivity index (χ0n) is 10.5. The molecule has 3 N–H and O–H groups in total. The molecular formula is C13H12N4O3. The number of aliphatic imine (C=N–C) groups is 1. The molecule has 0 atom stereocenters. The highest BCUT2D eigenvalue weighted by molar-refractivity contribution is 5.97. The molecule has 102 valence electrons. The molecule has 7 nitrogen and oxygen atoms in total. The van der Waals surface area contributed by atoms with Gasteiger partial charge >= 0.3 is 5.91 Å². The number of nitrogens with one attached hydrogen (secondary N) is 2. The van der Waals surface area contributed by atoms with Crippen molar-refractivity contribution in [2.45, 2.75) is 13.0 Å². The summed E-state index contributed by atoms with van der Waals surface area (Å²) in [6, 6.07) is 7.13. The van der Waals surface area contributed by atoms with E-state index < -0.39 is 5.91 Å². The van der Waals surface area contributed by atoms with Gasteiger partial charge in [0.1, 0.15) is 11.4 Å². The minimum Gasteiger partial charge on any atom is -0.451 e. The maximum atomic E-state index is 11.3. The maximum absolute atomic E-state index is 11.3. The van der Waals surface area contributed by atoms with Crippen molar-refractivity contribution in [3.63, 3.8) is 0 Å². The van der Waals surface area contributed by atoms with Crippen molar-refractivity contribution < 1.29 is 14.4 Å². The molecule has 2 aromatic rings. The van der Waals surface area contributed by atoms with Crippen LogP contribution < -0.4 is 10.9 Å². The Kier molecular flexibility index (Phi) is 3.18. The Morgan fingerprint density at radius 2 is 2.40 bits per heavy atom. The predicted molar refractivity (Wildman–Crippen MR) is 72.9 cm³/mol. The molecule has 1 amide bonds. The van der Waals surface area contributed by atoms with Crippen LogP contribution in [0.5, 0.6) is 0 Å². The molecule has 0 radical (unpaired) electrons. The van der Waals surface area contributed by atoms with E-state index in [0.717, 1.165) is 23.2 Å². The van der Waals surface area contributed by atoms with Crippen LogP contribution in [0.4, 0.5) is 0 Å². The summed E-state index contributed by atoms with van der Waals surface area (Å²) in [7, 11) is 0. The van der Waals surface area contributed by atoms with Gasteiger partial charge in [-0.2, -0.15) is 5.10 Å². The van der Waals surface area contributed by atoms with E-state index in [1.54, 1.807) is 23.8 Å². The molecule has 1 aliphatic heterocycles. The first kappa shape index (κ1) is 12.4. The van der Waals surface area contributed by atoms with E-state index in [1.807, 2.05) is 12.1 Å². The number of hydrogen-bond acceptors (Lipinski definition) is 5. The molecule has 1 aliphatic rings. The third kappa shape index (κ3) is 2.39. The number of amides is 1. The van der Waals surface area contributed by atoms with Gasteiger partial charge in [0, 0.05) is 18.0 Å². The first-order chi connectivity index (χ1) is 9.76. The van der Waals surface area contributed by atoms with Gasteiger partial charge in [-0.3, -0.25) is 20.4 Å².